The van der Waals surface area contributed by atoms with E-state index in [0.29, 0.717) is 37.1 Å². The van der Waals surface area contributed by atoms with Crippen LogP contribution in [0.1, 0.15) is 46.7 Å². The van der Waals surface area contributed by atoms with Crippen molar-refractivity contribution < 1.29 is 35.5 Å². The normalized spacial score (nSPS) is 19.1. The van der Waals surface area contributed by atoms with E-state index in [4.69, 9.17) is 0 Å². The van der Waals surface area contributed by atoms with Crippen molar-refractivity contribution in [2.75, 3.05) is 27.7 Å². The molecule has 2 aromatic rings. The Hall–Kier alpha value is -2.82. The van der Waals surface area contributed by atoms with Gasteiger partial charge in [-0.2, -0.15) is 26.3 Å². The van der Waals surface area contributed by atoms with Gasteiger partial charge < -0.3 is 14.7 Å². The molecule has 0 radical (unpaired) electrons. The number of nitrogens with zero attached hydrogens (tertiary/aromatic N) is 3. The van der Waals surface area contributed by atoms with E-state index in [9.17, 15) is 35.5 Å². The van der Waals surface area contributed by atoms with Crippen LogP contribution in [0.25, 0.3) is 0 Å². The predicted molar refractivity (Wildman–Crippen MR) is 121 cm³/mol. The number of benzene rings is 2. The van der Waals surface area contributed by atoms with Crippen LogP contribution in [0, 0.1) is 12.7 Å². The fourth-order valence-corrected chi connectivity index (χ4v) is 4.62. The molecule has 2 aromatic carbocycles. The number of alkyl halides is 6. The summed E-state index contributed by atoms with van der Waals surface area (Å²) < 4.78 is 93.2. The van der Waals surface area contributed by atoms with Crippen molar-refractivity contribution in [3.05, 3.63) is 70.0 Å². The lowest BCUT2D eigenvalue weighted by Crippen LogP contribution is -2.50. The van der Waals surface area contributed by atoms with Crippen molar-refractivity contribution in [1.29, 1.82) is 0 Å². The van der Waals surface area contributed by atoms with Gasteiger partial charge in [0.2, 0.25) is 0 Å². The molecule has 2 amide bonds. The largest absolute Gasteiger partial charge is 0.416 e. The maximum Gasteiger partial charge on any atom is 0.416 e. The van der Waals surface area contributed by atoms with Gasteiger partial charge in [0.1, 0.15) is 5.82 Å². The first kappa shape index (κ1) is 27.8. The molecular formula is C25H28F7N3O. The van der Waals surface area contributed by atoms with E-state index in [0.717, 1.165) is 10.5 Å². The Balaban J connectivity index is 1.91. The highest BCUT2D eigenvalue weighted by atomic mass is 19.4. The lowest BCUT2D eigenvalue weighted by molar-refractivity contribution is -0.143. The van der Waals surface area contributed by atoms with E-state index in [1.54, 1.807) is 17.9 Å². The summed E-state index contributed by atoms with van der Waals surface area (Å²) >= 11 is 0. The summed E-state index contributed by atoms with van der Waals surface area (Å²) in [6.45, 7) is 1.60. The standard InChI is InChI=1S/C25H28F7N3O/c1-15-9-19(26)5-6-21(15)22-13-20(33(2)3)7-8-35(22)23(36)34(4)14-16-10-17(24(27,28)29)12-18(11-16)25(30,31)32/h5-6,9-12,20,22H,7-8,13-14H2,1-4H3/t20-,22-/m1/s1. The molecule has 198 valence electrons. The summed E-state index contributed by atoms with van der Waals surface area (Å²) in [7, 11) is 5.16. The Morgan fingerprint density at radius 3 is 2.06 bits per heavy atom. The average molecular weight is 520 g/mol. The molecule has 2 atom stereocenters. The van der Waals surface area contributed by atoms with Crippen molar-refractivity contribution in [3.8, 4) is 0 Å². The summed E-state index contributed by atoms with van der Waals surface area (Å²) in [5, 5.41) is 0. The van der Waals surface area contributed by atoms with Crippen molar-refractivity contribution >= 4 is 6.03 Å². The maximum absolute atomic E-state index is 13.7. The number of hydrogen-bond donors (Lipinski definition) is 0. The van der Waals surface area contributed by atoms with Crippen LogP contribution in [0.4, 0.5) is 35.5 Å². The van der Waals surface area contributed by atoms with Crippen molar-refractivity contribution in [2.24, 2.45) is 0 Å². The third kappa shape index (κ3) is 6.29. The van der Waals surface area contributed by atoms with Crippen molar-refractivity contribution in [2.45, 2.75) is 50.7 Å². The van der Waals surface area contributed by atoms with Crippen LogP contribution in [-0.2, 0) is 18.9 Å². The summed E-state index contributed by atoms with van der Waals surface area (Å²) in [4.78, 5) is 18.1. The number of aryl methyl sites for hydroxylation is 1. The quantitative estimate of drug-likeness (QED) is 0.432. The van der Waals surface area contributed by atoms with Crippen LogP contribution in [-0.4, -0.2) is 54.5 Å². The van der Waals surface area contributed by atoms with Crippen LogP contribution in [0.3, 0.4) is 0 Å². The second-order valence-corrected chi connectivity index (χ2v) is 9.40. The smallest absolute Gasteiger partial charge is 0.323 e. The number of hydrogen-bond acceptors (Lipinski definition) is 2. The zero-order chi connectivity index (χ0) is 27.0. The van der Waals surface area contributed by atoms with Crippen LogP contribution < -0.4 is 0 Å². The molecule has 11 heteroatoms. The minimum atomic E-state index is -4.97. The van der Waals surface area contributed by atoms with E-state index >= 15 is 0 Å². The van der Waals surface area contributed by atoms with Gasteiger partial charge in [0.15, 0.2) is 0 Å². The predicted octanol–water partition coefficient (Wildman–Crippen LogP) is 6.49. The van der Waals surface area contributed by atoms with Gasteiger partial charge in [-0.3, -0.25) is 0 Å². The third-order valence-electron chi connectivity index (χ3n) is 6.54. The zero-order valence-electron chi connectivity index (χ0n) is 20.3. The lowest BCUT2D eigenvalue weighted by Gasteiger charge is -2.43. The van der Waals surface area contributed by atoms with Crippen molar-refractivity contribution in [3.63, 3.8) is 0 Å². The Morgan fingerprint density at radius 2 is 1.56 bits per heavy atom. The van der Waals surface area contributed by atoms with Gasteiger partial charge in [0, 0.05) is 26.2 Å². The summed E-state index contributed by atoms with van der Waals surface area (Å²) in [5.41, 5.74) is -1.76. The number of carbonyl (C=O) groups excluding carboxylic acids is 1. The van der Waals surface area contributed by atoms with Crippen LogP contribution in [0.5, 0.6) is 0 Å². The van der Waals surface area contributed by atoms with Gasteiger partial charge in [-0.15, -0.1) is 0 Å². The molecule has 1 aliphatic rings. The minimum Gasteiger partial charge on any atom is -0.323 e. The molecule has 36 heavy (non-hydrogen) atoms. The van der Waals surface area contributed by atoms with Crippen LogP contribution in [0.15, 0.2) is 36.4 Å². The second kappa shape index (κ2) is 10.3. The Labute approximate surface area is 205 Å². The van der Waals surface area contributed by atoms with Crippen molar-refractivity contribution in [1.82, 2.24) is 14.7 Å². The molecule has 4 nitrogen and oxygen atoms in total. The number of amides is 2. The molecule has 0 spiro atoms. The van der Waals surface area contributed by atoms with E-state index in [1.165, 1.54) is 19.2 Å². The molecule has 0 N–H and O–H groups in total. The fourth-order valence-electron chi connectivity index (χ4n) is 4.62. The highest BCUT2D eigenvalue weighted by molar-refractivity contribution is 5.75. The maximum atomic E-state index is 13.7. The first-order chi connectivity index (χ1) is 16.6. The second-order valence-electron chi connectivity index (χ2n) is 9.40. The molecule has 1 fully saturated rings. The molecule has 3 rings (SSSR count). The monoisotopic (exact) mass is 519 g/mol. The number of likely N-dealkylation sites (tertiary alicyclic amines) is 1. The van der Waals surface area contributed by atoms with E-state index in [2.05, 4.69) is 0 Å². The van der Waals surface area contributed by atoms with E-state index in [-0.39, 0.29) is 17.7 Å². The number of rotatable bonds is 4. The average Bonchev–Trinajstić information content (AvgIpc) is 2.76. The molecule has 1 aliphatic heterocycles. The molecule has 0 aliphatic carbocycles. The van der Waals surface area contributed by atoms with Gasteiger partial charge >= 0.3 is 18.4 Å². The van der Waals surface area contributed by atoms with Gasteiger partial charge in [0.05, 0.1) is 17.2 Å². The first-order valence-electron chi connectivity index (χ1n) is 11.3. The molecular weight excluding hydrogens is 491 g/mol. The number of urea groups is 1. The Bertz CT molecular complexity index is 1070. The third-order valence-corrected chi connectivity index (χ3v) is 6.54. The van der Waals surface area contributed by atoms with Crippen LogP contribution >= 0.6 is 0 Å². The number of piperidine rings is 1. The molecule has 1 heterocycles. The summed E-state index contributed by atoms with van der Waals surface area (Å²) in [6.07, 6.45) is -8.78. The SMILES string of the molecule is Cc1cc(F)ccc1[C@H]1C[C@H](N(C)C)CCN1C(=O)N(C)Cc1cc(C(F)(F)F)cc(C(F)(F)F)c1. The first-order valence-corrected chi connectivity index (χ1v) is 11.3. The van der Waals surface area contributed by atoms with Gasteiger partial charge in [0.25, 0.3) is 0 Å². The molecule has 0 saturated carbocycles. The molecule has 0 unspecified atom stereocenters. The van der Waals surface area contributed by atoms with Gasteiger partial charge in [-0.05, 0) is 80.9 Å². The molecule has 0 aromatic heterocycles. The summed E-state index contributed by atoms with van der Waals surface area (Å²) in [6, 6.07) is 4.74. The summed E-state index contributed by atoms with van der Waals surface area (Å²) in [5.74, 6) is -0.420. The number of carbonyl (C=O) groups is 1. The number of halogens is 7. The van der Waals surface area contributed by atoms with E-state index < -0.39 is 47.9 Å². The lowest BCUT2D eigenvalue weighted by atomic mass is 9.89. The minimum absolute atomic E-state index is 0.0602. The fraction of sp³-hybridized carbons (Fsp3) is 0.480. The Kier molecular flexibility index (Phi) is 7.92. The topological polar surface area (TPSA) is 26.8 Å². The van der Waals surface area contributed by atoms with E-state index in [1.807, 2.05) is 19.0 Å². The highest BCUT2D eigenvalue weighted by Gasteiger charge is 2.38. The Morgan fingerprint density at radius 1 is 0.972 bits per heavy atom. The molecule has 0 bridgehead atoms. The zero-order valence-corrected chi connectivity index (χ0v) is 20.3. The van der Waals surface area contributed by atoms with Gasteiger partial charge in [-0.1, -0.05) is 6.07 Å². The highest BCUT2D eigenvalue weighted by Crippen LogP contribution is 2.38. The van der Waals surface area contributed by atoms with Crippen LogP contribution in [0.2, 0.25) is 0 Å². The van der Waals surface area contributed by atoms with Gasteiger partial charge in [-0.25, -0.2) is 9.18 Å². The molecule has 1 saturated heterocycles.